The van der Waals surface area contributed by atoms with E-state index in [2.05, 4.69) is 6.92 Å². The van der Waals surface area contributed by atoms with Crippen LogP contribution in [0, 0.1) is 5.92 Å². The minimum absolute atomic E-state index is 0.261. The van der Waals surface area contributed by atoms with Crippen LogP contribution < -0.4 is 10.5 Å². The number of nitrogens with two attached hydrogens (primary N) is 1. The monoisotopic (exact) mass is 262 g/mol. The number of carbonyl (C=O) groups is 1. The Bertz CT molecular complexity index is 459. The maximum absolute atomic E-state index is 11.9. The van der Waals surface area contributed by atoms with Crippen molar-refractivity contribution in [2.45, 2.75) is 32.9 Å². The predicted octanol–water partition coefficient (Wildman–Crippen LogP) is 1.91. The van der Waals surface area contributed by atoms with Gasteiger partial charge in [-0.05, 0) is 23.6 Å². The second-order valence-corrected chi connectivity index (χ2v) is 5.10. The number of ether oxygens (including phenoxy) is 1. The van der Waals surface area contributed by atoms with Crippen molar-refractivity contribution in [2.75, 3.05) is 13.7 Å². The molecular weight excluding hydrogens is 240 g/mol. The van der Waals surface area contributed by atoms with Crippen LogP contribution in [-0.2, 0) is 17.9 Å². The van der Waals surface area contributed by atoms with Crippen LogP contribution in [0.2, 0.25) is 0 Å². The van der Waals surface area contributed by atoms with E-state index in [1.54, 1.807) is 7.11 Å². The summed E-state index contributed by atoms with van der Waals surface area (Å²) in [6, 6.07) is 5.96. The number of rotatable bonds is 5. The molecule has 1 aliphatic heterocycles. The van der Waals surface area contributed by atoms with Crippen LogP contribution in [0.5, 0.6) is 5.75 Å². The van der Waals surface area contributed by atoms with Gasteiger partial charge in [0.2, 0.25) is 5.91 Å². The normalized spacial score (nSPS) is 19.0. The largest absolute Gasteiger partial charge is 0.496 e. The lowest BCUT2D eigenvalue weighted by atomic mass is 10.1. The molecule has 1 unspecified atom stereocenters. The Hall–Kier alpha value is -1.55. The van der Waals surface area contributed by atoms with Crippen molar-refractivity contribution in [1.82, 2.24) is 4.90 Å². The molecule has 1 saturated heterocycles. The molecule has 0 aliphatic carbocycles. The average molecular weight is 262 g/mol. The fourth-order valence-corrected chi connectivity index (χ4v) is 2.59. The van der Waals surface area contributed by atoms with Gasteiger partial charge in [0, 0.05) is 31.6 Å². The van der Waals surface area contributed by atoms with Gasteiger partial charge in [-0.3, -0.25) is 4.79 Å². The Kier molecular flexibility index (Phi) is 4.43. The average Bonchev–Trinajstić information content (AvgIpc) is 2.79. The molecule has 0 radical (unpaired) electrons. The van der Waals surface area contributed by atoms with E-state index in [1.807, 2.05) is 23.1 Å². The Morgan fingerprint density at radius 2 is 2.26 bits per heavy atom. The van der Waals surface area contributed by atoms with E-state index in [0.717, 1.165) is 29.8 Å². The van der Waals surface area contributed by atoms with E-state index in [1.165, 1.54) is 0 Å². The van der Waals surface area contributed by atoms with Gasteiger partial charge in [0.05, 0.1) is 7.11 Å². The van der Waals surface area contributed by atoms with Crippen LogP contribution in [0.4, 0.5) is 0 Å². The van der Waals surface area contributed by atoms with Crippen molar-refractivity contribution in [3.8, 4) is 5.75 Å². The second-order valence-electron chi connectivity index (χ2n) is 5.10. The number of hydrogen-bond acceptors (Lipinski definition) is 3. The Morgan fingerprint density at radius 1 is 1.47 bits per heavy atom. The first-order valence-electron chi connectivity index (χ1n) is 6.81. The maximum Gasteiger partial charge on any atom is 0.223 e. The molecule has 1 aromatic rings. The zero-order chi connectivity index (χ0) is 13.8. The third kappa shape index (κ3) is 3.07. The molecule has 1 aromatic carbocycles. The minimum atomic E-state index is 0.261. The molecule has 104 valence electrons. The fourth-order valence-electron chi connectivity index (χ4n) is 2.59. The smallest absolute Gasteiger partial charge is 0.223 e. The van der Waals surface area contributed by atoms with E-state index in [9.17, 15) is 4.79 Å². The SMILES string of the molecule is CCC1CC(=O)N(Cc2ccc(OC)c(CN)c2)C1. The van der Waals surface area contributed by atoms with Gasteiger partial charge in [0.15, 0.2) is 0 Å². The number of hydrogen-bond donors (Lipinski definition) is 1. The van der Waals surface area contributed by atoms with E-state index in [0.29, 0.717) is 25.4 Å². The molecule has 0 bridgehead atoms. The fraction of sp³-hybridized carbons (Fsp3) is 0.533. The molecule has 2 N–H and O–H groups in total. The molecule has 0 aromatic heterocycles. The third-order valence-electron chi connectivity index (χ3n) is 3.81. The van der Waals surface area contributed by atoms with E-state index in [4.69, 9.17) is 10.5 Å². The highest BCUT2D eigenvalue weighted by Gasteiger charge is 2.28. The Morgan fingerprint density at radius 3 is 2.84 bits per heavy atom. The number of amides is 1. The van der Waals surface area contributed by atoms with E-state index in [-0.39, 0.29) is 5.91 Å². The second kappa shape index (κ2) is 6.06. The van der Waals surface area contributed by atoms with Crippen LogP contribution in [0.3, 0.4) is 0 Å². The van der Waals surface area contributed by atoms with Gasteiger partial charge in [-0.15, -0.1) is 0 Å². The summed E-state index contributed by atoms with van der Waals surface area (Å²) in [5, 5.41) is 0. The number of carbonyl (C=O) groups excluding carboxylic acids is 1. The van der Waals surface area contributed by atoms with Crippen molar-refractivity contribution in [2.24, 2.45) is 11.7 Å². The van der Waals surface area contributed by atoms with Gasteiger partial charge in [-0.1, -0.05) is 19.4 Å². The topological polar surface area (TPSA) is 55.6 Å². The van der Waals surface area contributed by atoms with Gasteiger partial charge in [-0.2, -0.15) is 0 Å². The third-order valence-corrected chi connectivity index (χ3v) is 3.81. The van der Waals surface area contributed by atoms with Crippen LogP contribution in [0.15, 0.2) is 18.2 Å². The van der Waals surface area contributed by atoms with Crippen molar-refractivity contribution in [3.63, 3.8) is 0 Å². The highest BCUT2D eigenvalue weighted by molar-refractivity contribution is 5.78. The van der Waals surface area contributed by atoms with Crippen LogP contribution in [0.1, 0.15) is 30.9 Å². The van der Waals surface area contributed by atoms with E-state index >= 15 is 0 Å². The highest BCUT2D eigenvalue weighted by atomic mass is 16.5. The maximum atomic E-state index is 11.9. The summed E-state index contributed by atoms with van der Waals surface area (Å²) >= 11 is 0. The molecule has 1 atom stereocenters. The van der Waals surface area contributed by atoms with Gasteiger partial charge in [-0.25, -0.2) is 0 Å². The summed E-state index contributed by atoms with van der Waals surface area (Å²) in [6.07, 6.45) is 1.76. The van der Waals surface area contributed by atoms with Crippen molar-refractivity contribution in [3.05, 3.63) is 29.3 Å². The molecular formula is C15H22N2O2. The zero-order valence-electron chi connectivity index (χ0n) is 11.7. The lowest BCUT2D eigenvalue weighted by molar-refractivity contribution is -0.128. The van der Waals surface area contributed by atoms with Crippen molar-refractivity contribution >= 4 is 5.91 Å². The first-order valence-corrected chi connectivity index (χ1v) is 6.81. The number of likely N-dealkylation sites (tertiary alicyclic amines) is 1. The van der Waals surface area contributed by atoms with Crippen molar-refractivity contribution < 1.29 is 9.53 Å². The summed E-state index contributed by atoms with van der Waals surface area (Å²) in [4.78, 5) is 13.8. The summed E-state index contributed by atoms with van der Waals surface area (Å²) in [5.41, 5.74) is 7.82. The molecule has 1 aliphatic rings. The molecule has 4 heteroatoms. The quantitative estimate of drug-likeness (QED) is 0.882. The number of methoxy groups -OCH3 is 1. The summed E-state index contributed by atoms with van der Waals surface area (Å²) < 4.78 is 5.26. The summed E-state index contributed by atoms with van der Waals surface area (Å²) in [7, 11) is 1.64. The summed E-state index contributed by atoms with van der Waals surface area (Å²) in [5.74, 6) is 1.59. The van der Waals surface area contributed by atoms with Gasteiger partial charge >= 0.3 is 0 Å². The first kappa shape index (κ1) is 13.9. The molecule has 1 amide bonds. The predicted molar refractivity (Wildman–Crippen MR) is 74.7 cm³/mol. The molecule has 0 spiro atoms. The molecule has 1 fully saturated rings. The zero-order valence-corrected chi connectivity index (χ0v) is 11.7. The van der Waals surface area contributed by atoms with Crippen molar-refractivity contribution in [1.29, 1.82) is 0 Å². The number of benzene rings is 1. The van der Waals surface area contributed by atoms with Gasteiger partial charge in [0.25, 0.3) is 0 Å². The van der Waals surface area contributed by atoms with Crippen LogP contribution in [0.25, 0.3) is 0 Å². The Balaban J connectivity index is 2.09. The Labute approximate surface area is 114 Å². The number of nitrogens with zero attached hydrogens (tertiary/aromatic N) is 1. The highest BCUT2D eigenvalue weighted by Crippen LogP contribution is 2.24. The minimum Gasteiger partial charge on any atom is -0.496 e. The molecule has 19 heavy (non-hydrogen) atoms. The molecule has 2 rings (SSSR count). The van der Waals surface area contributed by atoms with Gasteiger partial charge < -0.3 is 15.4 Å². The molecule has 4 nitrogen and oxygen atoms in total. The standard InChI is InChI=1S/C15H22N2O2/c1-3-11-7-15(18)17(9-11)10-12-4-5-14(19-2)13(6-12)8-16/h4-6,11H,3,7-10,16H2,1-2H3. The van der Waals surface area contributed by atoms with E-state index < -0.39 is 0 Å². The lowest BCUT2D eigenvalue weighted by Crippen LogP contribution is -2.24. The summed E-state index contributed by atoms with van der Waals surface area (Å²) in [6.45, 7) is 4.13. The first-order chi connectivity index (χ1) is 9.17. The molecule has 0 saturated carbocycles. The molecule has 1 heterocycles. The van der Waals surface area contributed by atoms with Gasteiger partial charge in [0.1, 0.15) is 5.75 Å². The van der Waals surface area contributed by atoms with Crippen LogP contribution >= 0.6 is 0 Å². The van der Waals surface area contributed by atoms with Crippen LogP contribution in [-0.4, -0.2) is 24.5 Å². The lowest BCUT2D eigenvalue weighted by Gasteiger charge is -2.17.